The van der Waals surface area contributed by atoms with E-state index in [0.717, 1.165) is 22.0 Å². The maximum atomic E-state index is 13.6. The molecule has 4 heterocycles. The molecule has 0 spiro atoms. The van der Waals surface area contributed by atoms with Crippen LogP contribution in [0.1, 0.15) is 27.2 Å². The fourth-order valence-corrected chi connectivity index (χ4v) is 7.24. The molecule has 5 aromatic rings. The van der Waals surface area contributed by atoms with Crippen molar-refractivity contribution in [1.29, 1.82) is 0 Å². The first-order valence-corrected chi connectivity index (χ1v) is 14.9. The van der Waals surface area contributed by atoms with E-state index < -0.39 is 9.84 Å². The van der Waals surface area contributed by atoms with Crippen LogP contribution in [-0.4, -0.2) is 65.1 Å². The zero-order valence-electron chi connectivity index (χ0n) is 21.7. The molecule has 1 fully saturated rings. The van der Waals surface area contributed by atoms with Crippen LogP contribution in [0.25, 0.3) is 22.2 Å². The van der Waals surface area contributed by atoms with Crippen molar-refractivity contribution in [3.63, 3.8) is 0 Å². The lowest BCUT2D eigenvalue weighted by Crippen LogP contribution is -2.41. The molecule has 10 heteroatoms. The fraction of sp³-hybridized carbons (Fsp3) is 0.233. The largest absolute Gasteiger partial charge is 0.378 e. The number of aromatic nitrogens is 4. The quantitative estimate of drug-likeness (QED) is 0.329. The molecule has 40 heavy (non-hydrogen) atoms. The lowest BCUT2D eigenvalue weighted by Gasteiger charge is -2.26. The summed E-state index contributed by atoms with van der Waals surface area (Å²) in [6.45, 7) is 2.81. The van der Waals surface area contributed by atoms with Crippen LogP contribution in [0, 0.1) is 0 Å². The Morgan fingerprint density at radius 3 is 2.48 bits per heavy atom. The van der Waals surface area contributed by atoms with E-state index >= 15 is 0 Å². The van der Waals surface area contributed by atoms with Crippen LogP contribution in [0.2, 0.25) is 0 Å². The molecule has 0 bridgehead atoms. The number of benzene rings is 3. The van der Waals surface area contributed by atoms with E-state index in [9.17, 15) is 13.2 Å². The van der Waals surface area contributed by atoms with Gasteiger partial charge in [-0.1, -0.05) is 60.7 Å². The summed E-state index contributed by atoms with van der Waals surface area (Å²) in [5.74, 6) is -0.522. The SMILES string of the molecule is O=C(c1nn(Cc2cccc3nn(Cc4ccccc4)cc23)c2c1CS(=O)(=O)c1ccccc1-2)N1CCOCC1. The predicted octanol–water partition coefficient (Wildman–Crippen LogP) is 3.76. The van der Waals surface area contributed by atoms with Crippen molar-refractivity contribution in [2.24, 2.45) is 0 Å². The molecule has 0 radical (unpaired) electrons. The minimum atomic E-state index is -3.62. The van der Waals surface area contributed by atoms with Gasteiger partial charge in [-0.15, -0.1) is 0 Å². The lowest BCUT2D eigenvalue weighted by molar-refractivity contribution is 0.0298. The maximum absolute atomic E-state index is 13.6. The summed E-state index contributed by atoms with van der Waals surface area (Å²) in [5.41, 5.74) is 4.91. The summed E-state index contributed by atoms with van der Waals surface area (Å²) in [4.78, 5) is 15.6. The van der Waals surface area contributed by atoms with Crippen molar-refractivity contribution >= 4 is 26.6 Å². The lowest BCUT2D eigenvalue weighted by atomic mass is 10.0. The van der Waals surface area contributed by atoms with E-state index in [1.54, 1.807) is 27.8 Å². The van der Waals surface area contributed by atoms with Gasteiger partial charge in [0.25, 0.3) is 5.91 Å². The van der Waals surface area contributed by atoms with Gasteiger partial charge in [0.15, 0.2) is 15.5 Å². The highest BCUT2D eigenvalue weighted by Gasteiger charge is 2.37. The van der Waals surface area contributed by atoms with E-state index in [4.69, 9.17) is 14.9 Å². The Labute approximate surface area is 231 Å². The number of sulfone groups is 1. The number of nitrogens with zero attached hydrogens (tertiary/aromatic N) is 5. The minimum Gasteiger partial charge on any atom is -0.378 e. The van der Waals surface area contributed by atoms with Crippen LogP contribution in [0.15, 0.2) is 83.9 Å². The van der Waals surface area contributed by atoms with E-state index in [1.807, 2.05) is 53.3 Å². The molecule has 0 N–H and O–H groups in total. The van der Waals surface area contributed by atoms with Crippen LogP contribution in [-0.2, 0) is 33.4 Å². The molecule has 9 nitrogen and oxygen atoms in total. The molecule has 2 aliphatic rings. The Morgan fingerprint density at radius 1 is 0.875 bits per heavy atom. The first kappa shape index (κ1) is 24.7. The highest BCUT2D eigenvalue weighted by atomic mass is 32.2. The number of ether oxygens (including phenoxy) is 1. The number of amides is 1. The second kappa shape index (κ2) is 9.72. The minimum absolute atomic E-state index is 0.196. The second-order valence-electron chi connectivity index (χ2n) is 10.2. The molecule has 1 amide bonds. The molecular weight excluding hydrogens is 526 g/mol. The Balaban J connectivity index is 1.33. The van der Waals surface area contributed by atoms with E-state index in [-0.39, 0.29) is 22.2 Å². The van der Waals surface area contributed by atoms with Crippen molar-refractivity contribution in [1.82, 2.24) is 24.5 Å². The van der Waals surface area contributed by atoms with Gasteiger partial charge in [-0.2, -0.15) is 10.2 Å². The zero-order chi connectivity index (χ0) is 27.3. The Kier molecular flexibility index (Phi) is 6.01. The predicted molar refractivity (Wildman–Crippen MR) is 150 cm³/mol. The van der Waals surface area contributed by atoms with Gasteiger partial charge in [-0.25, -0.2) is 8.42 Å². The smallest absolute Gasteiger partial charge is 0.274 e. The van der Waals surface area contributed by atoms with Gasteiger partial charge in [-0.3, -0.25) is 14.2 Å². The molecule has 202 valence electrons. The standard InChI is InChI=1S/C30H27N5O4S/c36-30(33-13-15-39-16-14-33)28-25-20-40(37,38)27-12-5-4-10-23(27)29(25)35(32-28)18-22-9-6-11-26-24(22)19-34(31-26)17-21-7-2-1-3-8-21/h1-12,19H,13-18,20H2. The van der Waals surface area contributed by atoms with Gasteiger partial charge < -0.3 is 9.64 Å². The monoisotopic (exact) mass is 553 g/mol. The highest BCUT2D eigenvalue weighted by molar-refractivity contribution is 7.90. The molecule has 0 saturated carbocycles. The van der Waals surface area contributed by atoms with Crippen LogP contribution < -0.4 is 0 Å². The molecule has 0 atom stereocenters. The summed E-state index contributed by atoms with van der Waals surface area (Å²) in [6.07, 6.45) is 2.03. The third kappa shape index (κ3) is 4.29. The van der Waals surface area contributed by atoms with E-state index in [0.29, 0.717) is 56.2 Å². The number of hydrogen-bond donors (Lipinski definition) is 0. The molecular formula is C30H27N5O4S. The number of morpholine rings is 1. The topological polar surface area (TPSA) is 99.3 Å². The fourth-order valence-electron chi connectivity index (χ4n) is 5.64. The average molecular weight is 554 g/mol. The summed E-state index contributed by atoms with van der Waals surface area (Å²) in [5, 5.41) is 10.6. The first-order valence-electron chi connectivity index (χ1n) is 13.3. The molecule has 0 unspecified atom stereocenters. The molecule has 0 aliphatic carbocycles. The first-order chi connectivity index (χ1) is 19.5. The average Bonchev–Trinajstić information content (AvgIpc) is 3.55. The number of carbonyl (C=O) groups is 1. The third-order valence-electron chi connectivity index (χ3n) is 7.56. The third-order valence-corrected chi connectivity index (χ3v) is 9.25. The van der Waals surface area contributed by atoms with Crippen molar-refractivity contribution < 1.29 is 17.9 Å². The Morgan fingerprint density at radius 2 is 1.65 bits per heavy atom. The molecule has 1 saturated heterocycles. The normalized spacial score (nSPS) is 16.1. The van der Waals surface area contributed by atoms with Gasteiger partial charge in [0.2, 0.25) is 0 Å². The molecule has 2 aromatic heterocycles. The number of hydrogen-bond acceptors (Lipinski definition) is 6. The van der Waals surface area contributed by atoms with Crippen molar-refractivity contribution in [2.45, 2.75) is 23.7 Å². The Hall–Kier alpha value is -4.28. The molecule has 7 rings (SSSR count). The van der Waals surface area contributed by atoms with Gasteiger partial charge >= 0.3 is 0 Å². The van der Waals surface area contributed by atoms with E-state index in [1.165, 1.54) is 0 Å². The van der Waals surface area contributed by atoms with Gasteiger partial charge in [-0.05, 0) is 23.3 Å². The van der Waals surface area contributed by atoms with E-state index in [2.05, 4.69) is 12.1 Å². The van der Waals surface area contributed by atoms with Crippen molar-refractivity contribution in [3.05, 3.63) is 101 Å². The van der Waals surface area contributed by atoms with Gasteiger partial charge in [0.1, 0.15) is 0 Å². The van der Waals surface area contributed by atoms with Gasteiger partial charge in [0.05, 0.1) is 48.2 Å². The Bertz CT molecular complexity index is 1850. The van der Waals surface area contributed by atoms with Crippen LogP contribution in [0.4, 0.5) is 0 Å². The van der Waals surface area contributed by atoms with Crippen LogP contribution in [0.5, 0.6) is 0 Å². The van der Waals surface area contributed by atoms with Gasteiger partial charge in [0, 0.05) is 35.8 Å². The number of carbonyl (C=O) groups excluding carboxylic acids is 1. The maximum Gasteiger partial charge on any atom is 0.274 e. The summed E-state index contributed by atoms with van der Waals surface area (Å²) in [7, 11) is -3.62. The number of rotatable bonds is 5. The molecule has 3 aromatic carbocycles. The zero-order valence-corrected chi connectivity index (χ0v) is 22.5. The summed E-state index contributed by atoms with van der Waals surface area (Å²) < 4.78 is 35.7. The summed E-state index contributed by atoms with van der Waals surface area (Å²) in [6, 6.07) is 23.1. The number of fused-ring (bicyclic) bond motifs is 4. The van der Waals surface area contributed by atoms with Crippen molar-refractivity contribution in [2.75, 3.05) is 26.3 Å². The van der Waals surface area contributed by atoms with Crippen molar-refractivity contribution in [3.8, 4) is 11.3 Å². The summed E-state index contributed by atoms with van der Waals surface area (Å²) >= 11 is 0. The molecule has 2 aliphatic heterocycles. The highest BCUT2D eigenvalue weighted by Crippen LogP contribution is 2.40. The van der Waals surface area contributed by atoms with Crippen LogP contribution >= 0.6 is 0 Å². The van der Waals surface area contributed by atoms with Crippen LogP contribution in [0.3, 0.4) is 0 Å². The second-order valence-corrected chi connectivity index (χ2v) is 12.1.